The number of nitrogens with zero attached hydrogens (tertiary/aromatic N) is 2. The van der Waals surface area contributed by atoms with Gasteiger partial charge < -0.3 is 14.0 Å². The maximum atomic E-state index is 14.3. The van der Waals surface area contributed by atoms with E-state index in [9.17, 15) is 13.6 Å². The highest BCUT2D eigenvalue weighted by atomic mass is 32.2. The van der Waals surface area contributed by atoms with Crippen LogP contribution in [0, 0.1) is 11.6 Å². The molecule has 0 atom stereocenters. The van der Waals surface area contributed by atoms with Gasteiger partial charge >= 0.3 is 0 Å². The Kier molecular flexibility index (Phi) is 7.40. The van der Waals surface area contributed by atoms with Gasteiger partial charge in [0.25, 0.3) is 0 Å². The minimum Gasteiger partial charge on any atom is -0.497 e. The van der Waals surface area contributed by atoms with Crippen LogP contribution in [0.5, 0.6) is 5.75 Å². The molecular weight excluding hydrogens is 418 g/mol. The Bertz CT molecular complexity index is 1060. The van der Waals surface area contributed by atoms with E-state index in [1.165, 1.54) is 24.9 Å². The normalized spacial score (nSPS) is 11.9. The fraction of sp³-hybridized carbons (Fsp3) is 0.300. The first-order chi connectivity index (χ1) is 14.0. The first-order valence-corrected chi connectivity index (χ1v) is 10.6. The summed E-state index contributed by atoms with van der Waals surface area (Å²) >= 11 is 2.62. The van der Waals surface area contributed by atoms with Crippen LogP contribution in [0.2, 0.25) is 0 Å². The lowest BCUT2D eigenvalue weighted by molar-refractivity contribution is -0.117. The molecule has 0 saturated heterocycles. The molecule has 5 nitrogen and oxygen atoms in total. The molecule has 0 fully saturated rings. The highest BCUT2D eigenvalue weighted by Crippen LogP contribution is 2.23. The number of carbonyl (C=O) groups excluding carboxylic acids is 1. The van der Waals surface area contributed by atoms with Gasteiger partial charge in [-0.2, -0.15) is 4.99 Å². The van der Waals surface area contributed by atoms with Gasteiger partial charge in [-0.3, -0.25) is 4.79 Å². The molecule has 1 aromatic heterocycles. The molecule has 9 heteroatoms. The van der Waals surface area contributed by atoms with Gasteiger partial charge in [0.15, 0.2) is 10.6 Å². The quantitative estimate of drug-likeness (QED) is 0.494. The molecule has 3 aromatic rings. The third-order valence-corrected chi connectivity index (χ3v) is 6.12. The van der Waals surface area contributed by atoms with E-state index in [1.807, 2.05) is 24.3 Å². The molecule has 0 aliphatic heterocycles. The number of amides is 1. The van der Waals surface area contributed by atoms with Crippen molar-refractivity contribution in [2.24, 2.45) is 4.99 Å². The molecule has 0 bridgehead atoms. The van der Waals surface area contributed by atoms with Gasteiger partial charge in [0, 0.05) is 36.8 Å². The highest BCUT2D eigenvalue weighted by molar-refractivity contribution is 7.99. The van der Waals surface area contributed by atoms with Crippen LogP contribution < -0.4 is 9.54 Å². The van der Waals surface area contributed by atoms with Gasteiger partial charge in [-0.25, -0.2) is 8.78 Å². The second-order valence-electron chi connectivity index (χ2n) is 6.04. The Morgan fingerprint density at radius 2 is 1.97 bits per heavy atom. The van der Waals surface area contributed by atoms with E-state index in [0.29, 0.717) is 28.4 Å². The number of rotatable bonds is 8. The molecule has 0 unspecified atom stereocenters. The number of carbonyl (C=O) groups is 1. The molecule has 3 rings (SSSR count). The Balaban J connectivity index is 1.76. The first-order valence-electron chi connectivity index (χ1n) is 8.83. The molecule has 0 N–H and O–H groups in total. The lowest BCUT2D eigenvalue weighted by atomic mass is 10.3. The predicted molar refractivity (Wildman–Crippen MR) is 111 cm³/mol. The summed E-state index contributed by atoms with van der Waals surface area (Å²) in [5.74, 6) is -0.333. The molecule has 1 heterocycles. The van der Waals surface area contributed by atoms with Crippen LogP contribution in [0.4, 0.5) is 8.78 Å². The summed E-state index contributed by atoms with van der Waals surface area (Å²) in [5.41, 5.74) is 0.229. The zero-order chi connectivity index (χ0) is 20.8. The molecule has 0 aliphatic carbocycles. The second-order valence-corrected chi connectivity index (χ2v) is 8.22. The summed E-state index contributed by atoms with van der Waals surface area (Å²) in [6, 6.07) is 9.64. The molecule has 0 saturated carbocycles. The van der Waals surface area contributed by atoms with Gasteiger partial charge in [-0.15, -0.1) is 11.8 Å². The molecule has 1 amide bonds. The number of halogens is 2. The number of thiazole rings is 1. The fourth-order valence-electron chi connectivity index (χ4n) is 2.70. The number of fused-ring (bicyclic) bond motifs is 1. The number of hydrogen-bond donors (Lipinski definition) is 0. The summed E-state index contributed by atoms with van der Waals surface area (Å²) in [6.07, 6.45) is 0.228. The van der Waals surface area contributed by atoms with Crippen LogP contribution >= 0.6 is 23.1 Å². The third-order valence-electron chi connectivity index (χ3n) is 4.08. The summed E-state index contributed by atoms with van der Waals surface area (Å²) in [5, 5.41) is 0. The van der Waals surface area contributed by atoms with Crippen molar-refractivity contribution in [1.82, 2.24) is 4.57 Å². The van der Waals surface area contributed by atoms with Crippen LogP contribution in [0.1, 0.15) is 6.42 Å². The Morgan fingerprint density at radius 3 is 2.66 bits per heavy atom. The van der Waals surface area contributed by atoms with Crippen molar-refractivity contribution in [3.8, 4) is 5.75 Å². The van der Waals surface area contributed by atoms with E-state index >= 15 is 0 Å². The van der Waals surface area contributed by atoms with E-state index in [2.05, 4.69) is 4.99 Å². The predicted octanol–water partition coefficient (Wildman–Crippen LogP) is 4.25. The molecule has 2 aromatic carbocycles. The van der Waals surface area contributed by atoms with Crippen molar-refractivity contribution >= 4 is 39.2 Å². The zero-order valence-electron chi connectivity index (χ0n) is 16.0. The highest BCUT2D eigenvalue weighted by Gasteiger charge is 2.14. The van der Waals surface area contributed by atoms with E-state index in [4.69, 9.17) is 9.47 Å². The first kappa shape index (κ1) is 21.5. The van der Waals surface area contributed by atoms with Crippen molar-refractivity contribution < 1.29 is 23.0 Å². The number of benzene rings is 2. The molecular formula is C20H20F2N2O3S2. The Labute approximate surface area is 175 Å². The largest absolute Gasteiger partial charge is 0.497 e. The number of thioether (sulfide) groups is 1. The number of aromatic nitrogens is 1. The van der Waals surface area contributed by atoms with Gasteiger partial charge in [-0.1, -0.05) is 11.3 Å². The number of hydrogen-bond acceptors (Lipinski definition) is 5. The van der Waals surface area contributed by atoms with Gasteiger partial charge in [0.05, 0.1) is 23.9 Å². The van der Waals surface area contributed by atoms with Crippen molar-refractivity contribution in [3.63, 3.8) is 0 Å². The topological polar surface area (TPSA) is 52.8 Å². The zero-order valence-corrected chi connectivity index (χ0v) is 17.6. The third kappa shape index (κ3) is 5.43. The van der Waals surface area contributed by atoms with Gasteiger partial charge in [0.1, 0.15) is 11.6 Å². The van der Waals surface area contributed by atoms with Crippen molar-refractivity contribution in [3.05, 3.63) is 52.8 Å². The minimum absolute atomic E-state index is 0.228. The Hall–Kier alpha value is -2.23. The van der Waals surface area contributed by atoms with E-state index in [-0.39, 0.29) is 17.8 Å². The van der Waals surface area contributed by atoms with Crippen LogP contribution in [0.25, 0.3) is 10.2 Å². The minimum atomic E-state index is -0.684. The SMILES string of the molecule is COCCn1c(=NC(=O)CCSc2ccc(OC)cc2)sc2cc(F)cc(F)c21. The average Bonchev–Trinajstić information content (AvgIpc) is 3.03. The van der Waals surface area contributed by atoms with Crippen LogP contribution in [0.15, 0.2) is 46.3 Å². The molecule has 154 valence electrons. The molecule has 0 spiro atoms. The van der Waals surface area contributed by atoms with Gasteiger partial charge in [0.2, 0.25) is 5.91 Å². The van der Waals surface area contributed by atoms with Crippen molar-refractivity contribution in [1.29, 1.82) is 0 Å². The number of methoxy groups -OCH3 is 2. The van der Waals surface area contributed by atoms with Crippen LogP contribution in [-0.4, -0.2) is 37.1 Å². The average molecular weight is 439 g/mol. The van der Waals surface area contributed by atoms with E-state index in [0.717, 1.165) is 28.0 Å². The molecule has 0 radical (unpaired) electrons. The lowest BCUT2D eigenvalue weighted by Gasteiger charge is -2.05. The fourth-order valence-corrected chi connectivity index (χ4v) is 4.65. The number of ether oxygens (including phenoxy) is 2. The Morgan fingerprint density at radius 1 is 1.21 bits per heavy atom. The van der Waals surface area contributed by atoms with Crippen LogP contribution in [-0.2, 0) is 16.1 Å². The van der Waals surface area contributed by atoms with Crippen LogP contribution in [0.3, 0.4) is 0 Å². The summed E-state index contributed by atoms with van der Waals surface area (Å²) < 4.78 is 40.0. The van der Waals surface area contributed by atoms with E-state index < -0.39 is 11.6 Å². The maximum Gasteiger partial charge on any atom is 0.249 e. The lowest BCUT2D eigenvalue weighted by Crippen LogP contribution is -2.20. The summed E-state index contributed by atoms with van der Waals surface area (Å²) in [4.78, 5) is 17.9. The smallest absolute Gasteiger partial charge is 0.249 e. The molecule has 29 heavy (non-hydrogen) atoms. The monoisotopic (exact) mass is 438 g/mol. The summed E-state index contributed by atoms with van der Waals surface area (Å²) in [6.45, 7) is 0.628. The van der Waals surface area contributed by atoms with Crippen molar-refractivity contribution in [2.45, 2.75) is 17.9 Å². The molecule has 0 aliphatic rings. The van der Waals surface area contributed by atoms with E-state index in [1.54, 1.807) is 11.7 Å². The van der Waals surface area contributed by atoms with Gasteiger partial charge in [-0.05, 0) is 30.3 Å². The van der Waals surface area contributed by atoms with Crippen molar-refractivity contribution in [2.75, 3.05) is 26.6 Å². The standard InChI is InChI=1S/C20H20F2N2O3S2/c1-26-9-8-24-19-16(22)11-13(21)12-17(19)29-20(24)23-18(25)7-10-28-15-5-3-14(27-2)4-6-15/h3-6,11-12H,7-10H2,1-2H3. The maximum absolute atomic E-state index is 14.3. The summed E-state index contributed by atoms with van der Waals surface area (Å²) in [7, 11) is 3.14. The second kappa shape index (κ2) is 10.00.